The molecular formula is C6H14N2O. The Kier molecular flexibility index (Phi) is 4.05. The minimum Gasteiger partial charge on any atom is -0.294 e. The van der Waals surface area contributed by atoms with Crippen LogP contribution in [0, 0.1) is 5.92 Å². The predicted octanol–water partition coefficient (Wildman–Crippen LogP) is 0.413. The van der Waals surface area contributed by atoms with E-state index in [1.165, 1.54) is 0 Å². The summed E-state index contributed by atoms with van der Waals surface area (Å²) in [5, 5.41) is 0. The number of nitrogens with one attached hydrogen (secondary N) is 1. The maximum atomic E-state index is 10.5. The van der Waals surface area contributed by atoms with Crippen LogP contribution >= 0.6 is 0 Å². The van der Waals surface area contributed by atoms with E-state index in [4.69, 9.17) is 5.84 Å². The van der Waals surface area contributed by atoms with E-state index in [2.05, 4.69) is 12.3 Å². The standard InChI is InChI=1S/C6H14N2O/c1-3-5(2)4-6(9)8-7/h5H,3-4,7H2,1-2H3,(H,8,9)/t5-/m1/s1. The summed E-state index contributed by atoms with van der Waals surface area (Å²) < 4.78 is 0. The third kappa shape index (κ3) is 3.97. The molecule has 1 atom stereocenters. The number of nitrogens with two attached hydrogens (primary N) is 1. The van der Waals surface area contributed by atoms with Crippen LogP contribution in [-0.4, -0.2) is 5.91 Å². The van der Waals surface area contributed by atoms with Crippen LogP contribution in [0.4, 0.5) is 0 Å². The molecule has 9 heavy (non-hydrogen) atoms. The lowest BCUT2D eigenvalue weighted by atomic mass is 10.1. The van der Waals surface area contributed by atoms with Gasteiger partial charge in [-0.25, -0.2) is 5.84 Å². The number of amides is 1. The van der Waals surface area contributed by atoms with Gasteiger partial charge in [0.25, 0.3) is 0 Å². The van der Waals surface area contributed by atoms with Crippen LogP contribution in [0.15, 0.2) is 0 Å². The van der Waals surface area contributed by atoms with Gasteiger partial charge in [0.2, 0.25) is 5.91 Å². The Morgan fingerprint density at radius 3 is 2.67 bits per heavy atom. The summed E-state index contributed by atoms with van der Waals surface area (Å²) in [4.78, 5) is 10.5. The van der Waals surface area contributed by atoms with Crippen molar-refractivity contribution in [3.05, 3.63) is 0 Å². The summed E-state index contributed by atoms with van der Waals surface area (Å²) in [6.07, 6.45) is 1.56. The molecule has 0 aliphatic carbocycles. The van der Waals surface area contributed by atoms with Crippen molar-refractivity contribution in [3.8, 4) is 0 Å². The summed E-state index contributed by atoms with van der Waals surface area (Å²) in [5.74, 6) is 5.23. The van der Waals surface area contributed by atoms with Gasteiger partial charge in [0.05, 0.1) is 0 Å². The van der Waals surface area contributed by atoms with Gasteiger partial charge < -0.3 is 0 Å². The molecule has 3 heteroatoms. The lowest BCUT2D eigenvalue weighted by molar-refractivity contribution is -0.121. The fourth-order valence-corrected chi connectivity index (χ4v) is 0.520. The lowest BCUT2D eigenvalue weighted by Gasteiger charge is -2.04. The molecule has 0 spiro atoms. The van der Waals surface area contributed by atoms with Crippen LogP contribution in [0.5, 0.6) is 0 Å². The highest BCUT2D eigenvalue weighted by Crippen LogP contribution is 2.04. The Bertz CT molecular complexity index is 93.1. The zero-order chi connectivity index (χ0) is 7.28. The Balaban J connectivity index is 3.34. The fraction of sp³-hybridized carbons (Fsp3) is 0.833. The molecule has 54 valence electrons. The summed E-state index contributed by atoms with van der Waals surface area (Å²) >= 11 is 0. The molecular weight excluding hydrogens is 116 g/mol. The van der Waals surface area contributed by atoms with Crippen LogP contribution < -0.4 is 11.3 Å². The van der Waals surface area contributed by atoms with Crippen LogP contribution in [0.25, 0.3) is 0 Å². The molecule has 1 amide bonds. The Labute approximate surface area is 55.6 Å². The van der Waals surface area contributed by atoms with E-state index in [0.717, 1.165) is 6.42 Å². The SMILES string of the molecule is CC[C@@H](C)CC(=O)NN. The predicted molar refractivity (Wildman–Crippen MR) is 36.4 cm³/mol. The molecule has 0 aromatic heterocycles. The lowest BCUT2D eigenvalue weighted by Crippen LogP contribution is -2.31. The molecule has 0 fully saturated rings. The maximum absolute atomic E-state index is 10.5. The van der Waals surface area contributed by atoms with E-state index in [9.17, 15) is 4.79 Å². The molecule has 0 rings (SSSR count). The highest BCUT2D eigenvalue weighted by Gasteiger charge is 2.03. The van der Waals surface area contributed by atoms with E-state index in [1.807, 2.05) is 6.92 Å². The summed E-state index contributed by atoms with van der Waals surface area (Å²) in [6, 6.07) is 0. The molecule has 0 aliphatic heterocycles. The normalized spacial score (nSPS) is 12.8. The molecule has 0 radical (unpaired) electrons. The highest BCUT2D eigenvalue weighted by atomic mass is 16.2. The van der Waals surface area contributed by atoms with E-state index in [1.54, 1.807) is 0 Å². The van der Waals surface area contributed by atoms with Crippen molar-refractivity contribution in [3.63, 3.8) is 0 Å². The maximum Gasteiger partial charge on any atom is 0.234 e. The van der Waals surface area contributed by atoms with Gasteiger partial charge in [-0.3, -0.25) is 10.2 Å². The first-order chi connectivity index (χ1) is 4.20. The zero-order valence-corrected chi connectivity index (χ0v) is 5.98. The molecule has 0 aromatic carbocycles. The number of hydrogen-bond acceptors (Lipinski definition) is 2. The largest absolute Gasteiger partial charge is 0.294 e. The van der Waals surface area contributed by atoms with Crippen molar-refractivity contribution in [2.75, 3.05) is 0 Å². The Morgan fingerprint density at radius 2 is 2.33 bits per heavy atom. The van der Waals surface area contributed by atoms with Crippen molar-refractivity contribution in [1.82, 2.24) is 5.43 Å². The van der Waals surface area contributed by atoms with Crippen molar-refractivity contribution in [2.24, 2.45) is 11.8 Å². The third-order valence-electron chi connectivity index (χ3n) is 1.39. The Hall–Kier alpha value is -0.570. The number of rotatable bonds is 3. The number of carbonyl (C=O) groups is 1. The number of hydrogen-bond donors (Lipinski definition) is 2. The van der Waals surface area contributed by atoms with Gasteiger partial charge in [-0.2, -0.15) is 0 Å². The molecule has 0 aliphatic rings. The highest BCUT2D eigenvalue weighted by molar-refractivity contribution is 5.75. The van der Waals surface area contributed by atoms with Gasteiger partial charge in [-0.15, -0.1) is 0 Å². The molecule has 0 heterocycles. The van der Waals surface area contributed by atoms with Crippen molar-refractivity contribution in [2.45, 2.75) is 26.7 Å². The summed E-state index contributed by atoms with van der Waals surface area (Å²) in [5.41, 5.74) is 2.09. The first kappa shape index (κ1) is 8.43. The summed E-state index contributed by atoms with van der Waals surface area (Å²) in [7, 11) is 0. The molecule has 3 nitrogen and oxygen atoms in total. The van der Waals surface area contributed by atoms with Crippen molar-refractivity contribution < 1.29 is 4.79 Å². The third-order valence-corrected chi connectivity index (χ3v) is 1.39. The van der Waals surface area contributed by atoms with E-state index in [0.29, 0.717) is 12.3 Å². The minimum atomic E-state index is -0.0793. The van der Waals surface area contributed by atoms with Gasteiger partial charge in [0.15, 0.2) is 0 Å². The second kappa shape index (κ2) is 4.32. The molecule has 0 saturated carbocycles. The average molecular weight is 130 g/mol. The van der Waals surface area contributed by atoms with Gasteiger partial charge in [0.1, 0.15) is 0 Å². The molecule has 0 bridgehead atoms. The molecule has 0 aromatic rings. The van der Waals surface area contributed by atoms with Gasteiger partial charge in [0, 0.05) is 6.42 Å². The van der Waals surface area contributed by atoms with E-state index < -0.39 is 0 Å². The molecule has 3 N–H and O–H groups in total. The van der Waals surface area contributed by atoms with Crippen LogP contribution in [-0.2, 0) is 4.79 Å². The van der Waals surface area contributed by atoms with Crippen molar-refractivity contribution >= 4 is 5.91 Å². The fourth-order valence-electron chi connectivity index (χ4n) is 0.520. The number of hydrazine groups is 1. The van der Waals surface area contributed by atoms with Crippen LogP contribution in [0.1, 0.15) is 26.7 Å². The monoisotopic (exact) mass is 130 g/mol. The van der Waals surface area contributed by atoms with E-state index >= 15 is 0 Å². The van der Waals surface area contributed by atoms with Crippen LogP contribution in [0.2, 0.25) is 0 Å². The average Bonchev–Trinajstić information content (AvgIpc) is 1.87. The second-order valence-electron chi connectivity index (χ2n) is 2.29. The van der Waals surface area contributed by atoms with Gasteiger partial charge >= 0.3 is 0 Å². The van der Waals surface area contributed by atoms with Gasteiger partial charge in [-0.05, 0) is 5.92 Å². The molecule has 0 unspecified atom stereocenters. The molecule has 0 saturated heterocycles. The van der Waals surface area contributed by atoms with E-state index in [-0.39, 0.29) is 5.91 Å². The van der Waals surface area contributed by atoms with Gasteiger partial charge in [-0.1, -0.05) is 20.3 Å². The smallest absolute Gasteiger partial charge is 0.234 e. The first-order valence-electron chi connectivity index (χ1n) is 3.20. The van der Waals surface area contributed by atoms with Crippen LogP contribution in [0.3, 0.4) is 0 Å². The topological polar surface area (TPSA) is 55.1 Å². The second-order valence-corrected chi connectivity index (χ2v) is 2.29. The zero-order valence-electron chi connectivity index (χ0n) is 5.98. The number of carbonyl (C=O) groups excluding carboxylic acids is 1. The minimum absolute atomic E-state index is 0.0793. The summed E-state index contributed by atoms with van der Waals surface area (Å²) in [6.45, 7) is 4.07. The Morgan fingerprint density at radius 1 is 1.78 bits per heavy atom. The quantitative estimate of drug-likeness (QED) is 0.330. The first-order valence-corrected chi connectivity index (χ1v) is 3.20. The van der Waals surface area contributed by atoms with Crippen molar-refractivity contribution in [1.29, 1.82) is 0 Å².